The quantitative estimate of drug-likeness (QED) is 0.593. The second-order valence-corrected chi connectivity index (χ2v) is 2.69. The third-order valence-corrected chi connectivity index (χ3v) is 1.69. The maximum absolute atomic E-state index is 7.22. The number of hydrogen-bond acceptors (Lipinski definition) is 2. The van der Waals surface area contributed by atoms with Crippen molar-refractivity contribution in [1.29, 1.82) is 5.41 Å². The van der Waals surface area contributed by atoms with E-state index in [9.17, 15) is 0 Å². The molecule has 1 rings (SSSR count). The normalized spacial score (nSPS) is 8.77. The van der Waals surface area contributed by atoms with Gasteiger partial charge in [-0.1, -0.05) is 11.6 Å². The monoisotopic (exact) mass is 220 g/mol. The molecule has 0 aliphatic carbocycles. The summed E-state index contributed by atoms with van der Waals surface area (Å²) in [6.45, 7) is 0. The zero-order valence-electron chi connectivity index (χ0n) is 7.00. The fraction of sp³-hybridized carbons (Fsp3) is 0.125. The first-order chi connectivity index (χ1) is 5.65. The van der Waals surface area contributed by atoms with Crippen molar-refractivity contribution in [3.05, 3.63) is 28.8 Å². The molecule has 0 heterocycles. The Morgan fingerprint density at radius 1 is 1.54 bits per heavy atom. The summed E-state index contributed by atoms with van der Waals surface area (Å²) in [6.07, 6.45) is 0. The first kappa shape index (κ1) is 12.1. The number of ether oxygens (including phenoxy) is 1. The van der Waals surface area contributed by atoms with Gasteiger partial charge in [0.05, 0.1) is 12.7 Å². The number of amidine groups is 1. The van der Waals surface area contributed by atoms with Crippen LogP contribution in [0.4, 0.5) is 0 Å². The molecule has 0 saturated heterocycles. The highest BCUT2D eigenvalue weighted by Gasteiger charge is 2.05. The summed E-state index contributed by atoms with van der Waals surface area (Å²) >= 11 is 5.71. The minimum Gasteiger partial charge on any atom is -0.496 e. The third-order valence-electron chi connectivity index (χ3n) is 1.45. The summed E-state index contributed by atoms with van der Waals surface area (Å²) in [5.74, 6) is 0.515. The number of nitrogen functional groups attached to an aromatic ring is 1. The zero-order valence-corrected chi connectivity index (χ0v) is 8.58. The number of nitrogens with two attached hydrogens (primary N) is 1. The van der Waals surface area contributed by atoms with Crippen molar-refractivity contribution in [1.82, 2.24) is 0 Å². The maximum atomic E-state index is 7.22. The molecule has 1 aromatic carbocycles. The molecule has 0 aliphatic rings. The van der Waals surface area contributed by atoms with Crippen LogP contribution in [-0.4, -0.2) is 12.9 Å². The highest BCUT2D eigenvalue weighted by molar-refractivity contribution is 6.31. The molecular formula is C8H10Cl2N2O. The van der Waals surface area contributed by atoms with E-state index in [0.29, 0.717) is 16.3 Å². The van der Waals surface area contributed by atoms with E-state index in [1.165, 1.54) is 7.11 Å². The second kappa shape index (κ2) is 4.94. The Morgan fingerprint density at radius 2 is 2.15 bits per heavy atom. The van der Waals surface area contributed by atoms with Crippen LogP contribution >= 0.6 is 24.0 Å². The molecular weight excluding hydrogens is 211 g/mol. The Bertz CT molecular complexity index is 315. The summed E-state index contributed by atoms with van der Waals surface area (Å²) in [4.78, 5) is 0. The summed E-state index contributed by atoms with van der Waals surface area (Å²) in [5.41, 5.74) is 5.82. The average Bonchev–Trinajstić information content (AvgIpc) is 2.04. The highest BCUT2D eigenvalue weighted by atomic mass is 35.5. The molecule has 0 bridgehead atoms. The lowest BCUT2D eigenvalue weighted by atomic mass is 10.2. The molecule has 72 valence electrons. The predicted molar refractivity (Wildman–Crippen MR) is 56.3 cm³/mol. The van der Waals surface area contributed by atoms with Crippen LogP contribution in [0.5, 0.6) is 5.75 Å². The molecule has 0 radical (unpaired) electrons. The van der Waals surface area contributed by atoms with Gasteiger partial charge in [0, 0.05) is 5.02 Å². The van der Waals surface area contributed by atoms with Gasteiger partial charge in [-0.05, 0) is 18.2 Å². The van der Waals surface area contributed by atoms with E-state index in [-0.39, 0.29) is 18.2 Å². The molecule has 0 aliphatic heterocycles. The van der Waals surface area contributed by atoms with Gasteiger partial charge in [0.15, 0.2) is 0 Å². The molecule has 0 fully saturated rings. The molecule has 0 atom stereocenters. The summed E-state index contributed by atoms with van der Waals surface area (Å²) in [6, 6.07) is 4.97. The van der Waals surface area contributed by atoms with Gasteiger partial charge in [0.2, 0.25) is 0 Å². The van der Waals surface area contributed by atoms with E-state index in [2.05, 4.69) is 0 Å². The largest absolute Gasteiger partial charge is 0.496 e. The number of halogens is 2. The van der Waals surface area contributed by atoms with Gasteiger partial charge >= 0.3 is 0 Å². The third kappa shape index (κ3) is 2.79. The highest BCUT2D eigenvalue weighted by Crippen LogP contribution is 2.21. The number of hydrogen-bond donors (Lipinski definition) is 2. The van der Waals surface area contributed by atoms with Gasteiger partial charge in [0.25, 0.3) is 0 Å². The van der Waals surface area contributed by atoms with Crippen LogP contribution in [0.25, 0.3) is 0 Å². The van der Waals surface area contributed by atoms with Crippen molar-refractivity contribution in [2.75, 3.05) is 7.11 Å². The number of rotatable bonds is 2. The Labute approximate surface area is 87.8 Å². The number of methoxy groups -OCH3 is 1. The average molecular weight is 221 g/mol. The van der Waals surface area contributed by atoms with Crippen LogP contribution < -0.4 is 10.5 Å². The van der Waals surface area contributed by atoms with Crippen LogP contribution in [0.2, 0.25) is 5.02 Å². The van der Waals surface area contributed by atoms with Crippen molar-refractivity contribution in [2.24, 2.45) is 5.73 Å². The van der Waals surface area contributed by atoms with Crippen LogP contribution in [-0.2, 0) is 0 Å². The minimum atomic E-state index is -0.0469. The smallest absolute Gasteiger partial charge is 0.129 e. The van der Waals surface area contributed by atoms with E-state index >= 15 is 0 Å². The Kier molecular flexibility index (Phi) is 4.59. The summed E-state index contributed by atoms with van der Waals surface area (Å²) < 4.78 is 4.98. The summed E-state index contributed by atoms with van der Waals surface area (Å²) in [5, 5.41) is 7.76. The fourth-order valence-electron chi connectivity index (χ4n) is 0.891. The number of nitrogens with one attached hydrogen (secondary N) is 1. The molecule has 13 heavy (non-hydrogen) atoms. The first-order valence-corrected chi connectivity index (χ1v) is 3.71. The lowest BCUT2D eigenvalue weighted by Crippen LogP contribution is -2.12. The SMILES string of the molecule is COc1ccc(Cl)cc1C(=N)N.Cl. The molecule has 0 aromatic heterocycles. The fourth-order valence-corrected chi connectivity index (χ4v) is 1.06. The van der Waals surface area contributed by atoms with E-state index in [1.807, 2.05) is 0 Å². The molecule has 3 nitrogen and oxygen atoms in total. The van der Waals surface area contributed by atoms with Gasteiger partial charge in [-0.15, -0.1) is 12.4 Å². The maximum Gasteiger partial charge on any atom is 0.129 e. The van der Waals surface area contributed by atoms with E-state index in [4.69, 9.17) is 27.5 Å². The van der Waals surface area contributed by atoms with Crippen molar-refractivity contribution in [2.45, 2.75) is 0 Å². The Morgan fingerprint density at radius 3 is 2.62 bits per heavy atom. The van der Waals surface area contributed by atoms with Gasteiger partial charge in [-0.3, -0.25) is 5.41 Å². The van der Waals surface area contributed by atoms with Gasteiger partial charge in [-0.25, -0.2) is 0 Å². The van der Waals surface area contributed by atoms with E-state index in [0.717, 1.165) is 0 Å². The molecule has 5 heteroatoms. The lowest BCUT2D eigenvalue weighted by molar-refractivity contribution is 0.414. The van der Waals surface area contributed by atoms with Crippen LogP contribution in [0, 0.1) is 5.41 Å². The molecule has 0 amide bonds. The molecule has 0 saturated carbocycles. The Hall–Kier alpha value is -0.930. The molecule has 0 spiro atoms. The second-order valence-electron chi connectivity index (χ2n) is 2.26. The van der Waals surface area contributed by atoms with Crippen LogP contribution in [0.1, 0.15) is 5.56 Å². The predicted octanol–water partition coefficient (Wildman–Crippen LogP) is 2.05. The van der Waals surface area contributed by atoms with Crippen LogP contribution in [0.3, 0.4) is 0 Å². The van der Waals surface area contributed by atoms with Crippen LogP contribution in [0.15, 0.2) is 18.2 Å². The Balaban J connectivity index is 0.00000144. The van der Waals surface area contributed by atoms with Gasteiger partial charge < -0.3 is 10.5 Å². The molecule has 3 N–H and O–H groups in total. The van der Waals surface area contributed by atoms with Crippen molar-refractivity contribution >= 4 is 29.8 Å². The van der Waals surface area contributed by atoms with Gasteiger partial charge in [-0.2, -0.15) is 0 Å². The zero-order chi connectivity index (χ0) is 9.14. The summed E-state index contributed by atoms with van der Waals surface area (Å²) in [7, 11) is 1.52. The molecule has 0 unspecified atom stereocenters. The first-order valence-electron chi connectivity index (χ1n) is 3.33. The van der Waals surface area contributed by atoms with Crippen molar-refractivity contribution in [3.63, 3.8) is 0 Å². The van der Waals surface area contributed by atoms with E-state index in [1.54, 1.807) is 18.2 Å². The lowest BCUT2D eigenvalue weighted by Gasteiger charge is -2.06. The van der Waals surface area contributed by atoms with E-state index < -0.39 is 0 Å². The molecule has 1 aromatic rings. The van der Waals surface area contributed by atoms with Crippen molar-refractivity contribution < 1.29 is 4.74 Å². The van der Waals surface area contributed by atoms with Gasteiger partial charge in [0.1, 0.15) is 11.6 Å². The van der Waals surface area contributed by atoms with Crippen molar-refractivity contribution in [3.8, 4) is 5.75 Å². The number of benzene rings is 1. The topological polar surface area (TPSA) is 59.1 Å². The standard InChI is InChI=1S/C8H9ClN2O.ClH/c1-12-7-3-2-5(9)4-6(7)8(10)11;/h2-4H,1H3,(H3,10,11);1H. The minimum absolute atomic E-state index is 0.